The third-order valence-corrected chi connectivity index (χ3v) is 2.92. The Bertz CT molecular complexity index is 614. The van der Waals surface area contributed by atoms with Crippen molar-refractivity contribution in [3.05, 3.63) is 64.1 Å². The SMILES string of the molecule is O=C(COc1ccc(Br)cc1F)c1ccccc1F. The van der Waals surface area contributed by atoms with Crippen molar-refractivity contribution in [1.29, 1.82) is 0 Å². The highest BCUT2D eigenvalue weighted by Gasteiger charge is 2.13. The van der Waals surface area contributed by atoms with Crippen LogP contribution in [-0.2, 0) is 0 Å². The molecule has 0 heterocycles. The summed E-state index contributed by atoms with van der Waals surface area (Å²) in [6.45, 7) is -0.417. The van der Waals surface area contributed by atoms with Gasteiger partial charge in [-0.05, 0) is 30.3 Å². The Labute approximate surface area is 117 Å². The minimum Gasteiger partial charge on any atom is -0.482 e. The van der Waals surface area contributed by atoms with E-state index >= 15 is 0 Å². The lowest BCUT2D eigenvalue weighted by atomic mass is 10.1. The molecule has 98 valence electrons. The molecular formula is C14H9BrF2O2. The number of Topliss-reactive ketones (excluding diaryl/α,β-unsaturated/α-hetero) is 1. The van der Waals surface area contributed by atoms with E-state index in [0.29, 0.717) is 4.47 Å². The van der Waals surface area contributed by atoms with E-state index in [1.807, 2.05) is 0 Å². The molecule has 0 amide bonds. The van der Waals surface area contributed by atoms with Gasteiger partial charge in [-0.25, -0.2) is 8.78 Å². The Balaban J connectivity index is 2.07. The molecule has 0 aliphatic rings. The van der Waals surface area contributed by atoms with Crippen LogP contribution in [0, 0.1) is 11.6 Å². The Hall–Kier alpha value is -1.75. The predicted molar refractivity (Wildman–Crippen MR) is 70.3 cm³/mol. The molecule has 0 unspecified atom stereocenters. The lowest BCUT2D eigenvalue weighted by molar-refractivity contribution is 0.0914. The van der Waals surface area contributed by atoms with Crippen molar-refractivity contribution in [2.75, 3.05) is 6.61 Å². The number of hydrogen-bond donors (Lipinski definition) is 0. The highest BCUT2D eigenvalue weighted by Crippen LogP contribution is 2.21. The summed E-state index contributed by atoms with van der Waals surface area (Å²) in [6, 6.07) is 9.80. The summed E-state index contributed by atoms with van der Waals surface area (Å²) in [5, 5.41) is 0. The zero-order valence-corrected chi connectivity index (χ0v) is 11.3. The van der Waals surface area contributed by atoms with E-state index in [0.717, 1.165) is 0 Å². The number of rotatable bonds is 4. The second kappa shape index (κ2) is 5.93. The van der Waals surface area contributed by atoms with Gasteiger partial charge in [-0.15, -0.1) is 0 Å². The van der Waals surface area contributed by atoms with E-state index in [1.165, 1.54) is 30.3 Å². The molecule has 0 atom stereocenters. The predicted octanol–water partition coefficient (Wildman–Crippen LogP) is 3.99. The van der Waals surface area contributed by atoms with Crippen molar-refractivity contribution >= 4 is 21.7 Å². The second-order valence-electron chi connectivity index (χ2n) is 3.77. The van der Waals surface area contributed by atoms with Gasteiger partial charge < -0.3 is 4.74 Å². The van der Waals surface area contributed by atoms with Crippen LogP contribution in [0.5, 0.6) is 5.75 Å². The number of benzene rings is 2. The van der Waals surface area contributed by atoms with Crippen molar-refractivity contribution in [1.82, 2.24) is 0 Å². The molecule has 19 heavy (non-hydrogen) atoms. The van der Waals surface area contributed by atoms with Gasteiger partial charge in [-0.2, -0.15) is 0 Å². The van der Waals surface area contributed by atoms with Crippen LogP contribution in [0.25, 0.3) is 0 Å². The van der Waals surface area contributed by atoms with Crippen LogP contribution in [0.2, 0.25) is 0 Å². The lowest BCUT2D eigenvalue weighted by Crippen LogP contribution is -2.13. The van der Waals surface area contributed by atoms with E-state index in [-0.39, 0.29) is 11.3 Å². The first-order chi connectivity index (χ1) is 9.08. The van der Waals surface area contributed by atoms with Gasteiger partial charge in [0.25, 0.3) is 0 Å². The zero-order valence-electron chi connectivity index (χ0n) is 9.70. The molecule has 0 saturated carbocycles. The van der Waals surface area contributed by atoms with Crippen LogP contribution in [-0.4, -0.2) is 12.4 Å². The standard InChI is InChI=1S/C14H9BrF2O2/c15-9-5-6-14(12(17)7-9)19-8-13(18)10-3-1-2-4-11(10)16/h1-7H,8H2. The maximum Gasteiger partial charge on any atom is 0.203 e. The van der Waals surface area contributed by atoms with E-state index in [4.69, 9.17) is 4.74 Å². The molecule has 2 nitrogen and oxygen atoms in total. The molecule has 0 aromatic heterocycles. The van der Waals surface area contributed by atoms with Crippen LogP contribution in [0.1, 0.15) is 10.4 Å². The molecule has 0 N–H and O–H groups in total. The Morgan fingerprint density at radius 3 is 2.53 bits per heavy atom. The highest BCUT2D eigenvalue weighted by atomic mass is 79.9. The second-order valence-corrected chi connectivity index (χ2v) is 4.68. The van der Waals surface area contributed by atoms with E-state index in [9.17, 15) is 13.6 Å². The molecule has 2 rings (SSSR count). The number of halogens is 3. The Kier molecular flexibility index (Phi) is 4.27. The van der Waals surface area contributed by atoms with Crippen LogP contribution in [0.15, 0.2) is 46.9 Å². The summed E-state index contributed by atoms with van der Waals surface area (Å²) >= 11 is 3.11. The van der Waals surface area contributed by atoms with Crippen molar-refractivity contribution < 1.29 is 18.3 Å². The van der Waals surface area contributed by atoms with Crippen LogP contribution < -0.4 is 4.74 Å². The molecular weight excluding hydrogens is 318 g/mol. The summed E-state index contributed by atoms with van der Waals surface area (Å²) < 4.78 is 32.4. The first-order valence-corrected chi connectivity index (χ1v) is 6.23. The molecule has 0 saturated heterocycles. The van der Waals surface area contributed by atoms with Crippen LogP contribution in [0.3, 0.4) is 0 Å². The van der Waals surface area contributed by atoms with Gasteiger partial charge in [-0.3, -0.25) is 4.79 Å². The third-order valence-electron chi connectivity index (χ3n) is 2.43. The van der Waals surface area contributed by atoms with Crippen molar-refractivity contribution in [3.8, 4) is 5.75 Å². The number of ketones is 1. The molecule has 0 bridgehead atoms. The van der Waals surface area contributed by atoms with Crippen LogP contribution >= 0.6 is 15.9 Å². The molecule has 0 spiro atoms. The lowest BCUT2D eigenvalue weighted by Gasteiger charge is -2.07. The minimum atomic E-state index is -0.618. The largest absolute Gasteiger partial charge is 0.482 e. The summed E-state index contributed by atoms with van der Waals surface area (Å²) in [4.78, 5) is 11.7. The van der Waals surface area contributed by atoms with E-state index in [2.05, 4.69) is 15.9 Å². The van der Waals surface area contributed by atoms with Gasteiger partial charge in [0.15, 0.2) is 18.2 Å². The monoisotopic (exact) mass is 326 g/mol. The summed E-state index contributed by atoms with van der Waals surface area (Å²) in [6.07, 6.45) is 0. The maximum atomic E-state index is 13.4. The zero-order chi connectivity index (χ0) is 13.8. The molecule has 0 aliphatic heterocycles. The summed E-state index contributed by atoms with van der Waals surface area (Å²) in [7, 11) is 0. The average Bonchev–Trinajstić information content (AvgIpc) is 2.38. The minimum absolute atomic E-state index is 0.0483. The molecule has 0 fully saturated rings. The Morgan fingerprint density at radius 2 is 1.84 bits per heavy atom. The van der Waals surface area contributed by atoms with Crippen LogP contribution in [0.4, 0.5) is 8.78 Å². The van der Waals surface area contributed by atoms with Gasteiger partial charge >= 0.3 is 0 Å². The number of carbonyl (C=O) groups excluding carboxylic acids is 1. The molecule has 2 aromatic carbocycles. The molecule has 0 aliphatic carbocycles. The van der Waals surface area contributed by atoms with Gasteiger partial charge in [0.2, 0.25) is 5.78 Å². The highest BCUT2D eigenvalue weighted by molar-refractivity contribution is 9.10. The fourth-order valence-corrected chi connectivity index (χ4v) is 1.83. The van der Waals surface area contributed by atoms with Crippen molar-refractivity contribution in [2.24, 2.45) is 0 Å². The van der Waals surface area contributed by atoms with Crippen molar-refractivity contribution in [2.45, 2.75) is 0 Å². The fourth-order valence-electron chi connectivity index (χ4n) is 1.50. The molecule has 0 radical (unpaired) electrons. The number of ether oxygens (including phenoxy) is 1. The quantitative estimate of drug-likeness (QED) is 0.794. The van der Waals surface area contributed by atoms with Gasteiger partial charge in [-0.1, -0.05) is 28.1 Å². The maximum absolute atomic E-state index is 13.4. The first kappa shape index (κ1) is 13.7. The first-order valence-electron chi connectivity index (χ1n) is 5.43. The summed E-state index contributed by atoms with van der Waals surface area (Å²) in [5.41, 5.74) is -0.0694. The molecule has 2 aromatic rings. The normalized spacial score (nSPS) is 10.3. The van der Waals surface area contributed by atoms with Gasteiger partial charge in [0.1, 0.15) is 5.82 Å². The topological polar surface area (TPSA) is 26.3 Å². The van der Waals surface area contributed by atoms with Crippen molar-refractivity contribution in [3.63, 3.8) is 0 Å². The third kappa shape index (κ3) is 3.38. The summed E-state index contributed by atoms with van der Waals surface area (Å²) in [5.74, 6) is -1.80. The van der Waals surface area contributed by atoms with Gasteiger partial charge in [0.05, 0.1) is 5.56 Å². The number of hydrogen-bond acceptors (Lipinski definition) is 2. The fraction of sp³-hybridized carbons (Fsp3) is 0.0714. The van der Waals surface area contributed by atoms with Gasteiger partial charge in [0, 0.05) is 4.47 Å². The average molecular weight is 327 g/mol. The van der Waals surface area contributed by atoms with E-state index < -0.39 is 24.0 Å². The Morgan fingerprint density at radius 1 is 1.11 bits per heavy atom. The number of carbonyl (C=O) groups is 1. The smallest absolute Gasteiger partial charge is 0.203 e. The molecule has 5 heteroatoms. The van der Waals surface area contributed by atoms with E-state index in [1.54, 1.807) is 12.1 Å².